The third-order valence-electron chi connectivity index (χ3n) is 4.21. The molecule has 0 aliphatic heterocycles. The molecular formula is C19H22F3N. The minimum Gasteiger partial charge on any atom is -0.322 e. The molecule has 0 bridgehead atoms. The van der Waals surface area contributed by atoms with E-state index in [1.807, 2.05) is 30.3 Å². The molecule has 0 heterocycles. The SMILES string of the molecule is CCC(F)(F)C(N)C(C)Cc1cccc(-c2cccc(F)c2)c1. The Labute approximate surface area is 135 Å². The van der Waals surface area contributed by atoms with Crippen molar-refractivity contribution >= 4 is 0 Å². The second-order valence-electron chi connectivity index (χ2n) is 6.03. The predicted molar refractivity (Wildman–Crippen MR) is 87.9 cm³/mol. The smallest absolute Gasteiger partial charge is 0.262 e. The van der Waals surface area contributed by atoms with Crippen molar-refractivity contribution in [3.8, 4) is 11.1 Å². The summed E-state index contributed by atoms with van der Waals surface area (Å²) in [6, 6.07) is 12.7. The van der Waals surface area contributed by atoms with Crippen LogP contribution in [-0.4, -0.2) is 12.0 Å². The van der Waals surface area contributed by atoms with Gasteiger partial charge in [-0.1, -0.05) is 50.2 Å². The Bertz CT molecular complexity index is 655. The molecule has 1 nitrogen and oxygen atoms in total. The summed E-state index contributed by atoms with van der Waals surface area (Å²) in [7, 11) is 0. The fraction of sp³-hybridized carbons (Fsp3) is 0.368. The Kier molecular flexibility index (Phi) is 5.47. The summed E-state index contributed by atoms with van der Waals surface area (Å²) in [6.07, 6.45) is 0.196. The van der Waals surface area contributed by atoms with Gasteiger partial charge in [0.1, 0.15) is 5.82 Å². The van der Waals surface area contributed by atoms with Crippen LogP contribution in [0.15, 0.2) is 48.5 Å². The number of benzene rings is 2. The summed E-state index contributed by atoms with van der Waals surface area (Å²) in [6.45, 7) is 3.18. The van der Waals surface area contributed by atoms with Crippen LogP contribution < -0.4 is 5.73 Å². The molecule has 0 saturated heterocycles. The van der Waals surface area contributed by atoms with E-state index in [1.165, 1.54) is 19.1 Å². The Balaban J connectivity index is 2.17. The van der Waals surface area contributed by atoms with E-state index in [0.717, 1.165) is 16.7 Å². The van der Waals surface area contributed by atoms with Gasteiger partial charge in [-0.2, -0.15) is 0 Å². The minimum atomic E-state index is -2.86. The summed E-state index contributed by atoms with van der Waals surface area (Å²) < 4.78 is 40.8. The summed E-state index contributed by atoms with van der Waals surface area (Å²) >= 11 is 0. The van der Waals surface area contributed by atoms with Gasteiger partial charge in [0.15, 0.2) is 0 Å². The molecule has 4 heteroatoms. The molecule has 0 aliphatic rings. The Morgan fingerprint density at radius 2 is 1.65 bits per heavy atom. The average molecular weight is 321 g/mol. The van der Waals surface area contributed by atoms with Gasteiger partial charge in [-0.25, -0.2) is 13.2 Å². The van der Waals surface area contributed by atoms with Crippen molar-refractivity contribution in [1.29, 1.82) is 0 Å². The maximum atomic E-state index is 13.7. The molecule has 2 atom stereocenters. The Morgan fingerprint density at radius 3 is 2.26 bits per heavy atom. The number of halogens is 3. The monoisotopic (exact) mass is 321 g/mol. The number of rotatable bonds is 6. The molecule has 0 spiro atoms. The lowest BCUT2D eigenvalue weighted by Gasteiger charge is -2.27. The Morgan fingerprint density at radius 1 is 1.04 bits per heavy atom. The zero-order valence-corrected chi connectivity index (χ0v) is 13.4. The van der Waals surface area contributed by atoms with Gasteiger partial charge in [0.05, 0.1) is 6.04 Å². The van der Waals surface area contributed by atoms with E-state index >= 15 is 0 Å². The maximum absolute atomic E-state index is 13.7. The van der Waals surface area contributed by atoms with E-state index in [4.69, 9.17) is 5.73 Å². The molecule has 2 N–H and O–H groups in total. The molecule has 0 saturated carbocycles. The second kappa shape index (κ2) is 7.18. The van der Waals surface area contributed by atoms with Crippen molar-refractivity contribution in [2.75, 3.05) is 0 Å². The van der Waals surface area contributed by atoms with Crippen molar-refractivity contribution < 1.29 is 13.2 Å². The van der Waals surface area contributed by atoms with E-state index in [2.05, 4.69) is 0 Å². The first-order valence-electron chi connectivity index (χ1n) is 7.81. The first kappa shape index (κ1) is 17.5. The number of hydrogen-bond donors (Lipinski definition) is 1. The summed E-state index contributed by atoms with van der Waals surface area (Å²) in [5.74, 6) is -3.52. The molecule has 23 heavy (non-hydrogen) atoms. The van der Waals surface area contributed by atoms with Gasteiger partial charge in [0.2, 0.25) is 0 Å². The molecule has 124 valence electrons. The first-order chi connectivity index (χ1) is 10.8. The number of nitrogens with two attached hydrogens (primary N) is 1. The molecule has 2 aromatic rings. The van der Waals surface area contributed by atoms with Crippen LogP contribution in [0.4, 0.5) is 13.2 Å². The molecule has 2 unspecified atom stereocenters. The van der Waals surface area contributed by atoms with Crippen LogP contribution in [0.1, 0.15) is 25.8 Å². The molecule has 2 aromatic carbocycles. The summed E-state index contributed by atoms with van der Waals surface area (Å²) in [5.41, 5.74) is 8.27. The van der Waals surface area contributed by atoms with Gasteiger partial charge in [0, 0.05) is 6.42 Å². The number of alkyl halides is 2. The normalized spacial score (nSPS) is 14.5. The molecule has 0 amide bonds. The lowest BCUT2D eigenvalue weighted by Crippen LogP contribution is -2.45. The molecule has 0 aromatic heterocycles. The standard InChI is InChI=1S/C19H22F3N/c1-3-19(21,22)18(23)13(2)10-14-6-4-7-15(11-14)16-8-5-9-17(20)12-16/h4-9,11-13,18H,3,10,23H2,1-2H3. The molecule has 0 radical (unpaired) electrons. The van der Waals surface area contributed by atoms with Gasteiger partial charge in [-0.15, -0.1) is 0 Å². The summed E-state index contributed by atoms with van der Waals surface area (Å²) in [4.78, 5) is 0. The topological polar surface area (TPSA) is 26.0 Å². The van der Waals surface area contributed by atoms with Crippen LogP contribution in [0.2, 0.25) is 0 Å². The zero-order valence-electron chi connectivity index (χ0n) is 13.4. The quantitative estimate of drug-likeness (QED) is 0.792. The molecule has 2 rings (SSSR count). The van der Waals surface area contributed by atoms with Crippen LogP contribution in [-0.2, 0) is 6.42 Å². The van der Waals surface area contributed by atoms with E-state index in [0.29, 0.717) is 6.42 Å². The fourth-order valence-electron chi connectivity index (χ4n) is 2.70. The van der Waals surface area contributed by atoms with Crippen molar-refractivity contribution in [1.82, 2.24) is 0 Å². The van der Waals surface area contributed by atoms with Crippen LogP contribution in [0.3, 0.4) is 0 Å². The van der Waals surface area contributed by atoms with Gasteiger partial charge >= 0.3 is 0 Å². The molecular weight excluding hydrogens is 299 g/mol. The fourth-order valence-corrected chi connectivity index (χ4v) is 2.70. The molecule has 0 fully saturated rings. The third kappa shape index (κ3) is 4.35. The van der Waals surface area contributed by atoms with Gasteiger partial charge in [0.25, 0.3) is 5.92 Å². The van der Waals surface area contributed by atoms with E-state index in [1.54, 1.807) is 13.0 Å². The minimum absolute atomic E-state index is 0.262. The van der Waals surface area contributed by atoms with Crippen molar-refractivity contribution in [3.63, 3.8) is 0 Å². The van der Waals surface area contributed by atoms with Crippen molar-refractivity contribution in [2.24, 2.45) is 11.7 Å². The van der Waals surface area contributed by atoms with Gasteiger partial charge in [-0.05, 0) is 41.2 Å². The number of hydrogen-bond acceptors (Lipinski definition) is 1. The zero-order chi connectivity index (χ0) is 17.0. The molecule has 0 aliphatic carbocycles. The van der Waals surface area contributed by atoms with Crippen LogP contribution in [0.5, 0.6) is 0 Å². The highest BCUT2D eigenvalue weighted by Crippen LogP contribution is 2.29. The van der Waals surface area contributed by atoms with Crippen LogP contribution in [0, 0.1) is 11.7 Å². The predicted octanol–water partition coefficient (Wildman–Crippen LogP) is 5.04. The third-order valence-corrected chi connectivity index (χ3v) is 4.21. The lowest BCUT2D eigenvalue weighted by atomic mass is 9.88. The van der Waals surface area contributed by atoms with Gasteiger partial charge in [-0.3, -0.25) is 0 Å². The first-order valence-corrected chi connectivity index (χ1v) is 7.81. The van der Waals surface area contributed by atoms with Crippen molar-refractivity contribution in [2.45, 2.75) is 38.7 Å². The lowest BCUT2D eigenvalue weighted by molar-refractivity contribution is -0.0436. The van der Waals surface area contributed by atoms with E-state index in [9.17, 15) is 13.2 Å². The second-order valence-corrected chi connectivity index (χ2v) is 6.03. The van der Waals surface area contributed by atoms with Crippen LogP contribution in [0.25, 0.3) is 11.1 Å². The summed E-state index contributed by atoms with van der Waals surface area (Å²) in [5, 5.41) is 0. The highest BCUT2D eigenvalue weighted by Gasteiger charge is 2.38. The van der Waals surface area contributed by atoms with Gasteiger partial charge < -0.3 is 5.73 Å². The van der Waals surface area contributed by atoms with Crippen LogP contribution >= 0.6 is 0 Å². The van der Waals surface area contributed by atoms with E-state index in [-0.39, 0.29) is 18.2 Å². The maximum Gasteiger partial charge on any atom is 0.262 e. The highest BCUT2D eigenvalue weighted by atomic mass is 19.3. The van der Waals surface area contributed by atoms with Crippen molar-refractivity contribution in [3.05, 3.63) is 59.9 Å². The van der Waals surface area contributed by atoms with E-state index < -0.39 is 12.0 Å². The average Bonchev–Trinajstić information content (AvgIpc) is 2.54. The Hall–Kier alpha value is -1.81. The highest BCUT2D eigenvalue weighted by molar-refractivity contribution is 5.64. The largest absolute Gasteiger partial charge is 0.322 e.